The van der Waals surface area contributed by atoms with E-state index in [9.17, 15) is 13.2 Å². The van der Waals surface area contributed by atoms with Crippen LogP contribution in [0.5, 0.6) is 0 Å². The summed E-state index contributed by atoms with van der Waals surface area (Å²) in [5.74, 6) is 0. The highest BCUT2D eigenvalue weighted by molar-refractivity contribution is 6.33. The smallest absolute Gasteiger partial charge is 0.266 e. The molecule has 0 radical (unpaired) electrons. The summed E-state index contributed by atoms with van der Waals surface area (Å²) in [5, 5.41) is 3.10. The van der Waals surface area contributed by atoms with E-state index < -0.39 is 11.9 Å². The van der Waals surface area contributed by atoms with Crippen LogP contribution in [-0.4, -0.2) is 9.78 Å². The highest BCUT2D eigenvalue weighted by atomic mass is 35.5. The van der Waals surface area contributed by atoms with Gasteiger partial charge in [-0.1, -0.05) is 35.9 Å². The minimum absolute atomic E-state index is 0.280. The number of nitrogens with zero attached hydrogens (tertiary/aromatic N) is 2. The van der Waals surface area contributed by atoms with E-state index in [-0.39, 0.29) is 10.7 Å². The Labute approximate surface area is 107 Å². The van der Waals surface area contributed by atoms with E-state index in [1.165, 1.54) is 7.05 Å². The van der Waals surface area contributed by atoms with Crippen LogP contribution in [0, 0.1) is 6.92 Å². The third-order valence-electron chi connectivity index (χ3n) is 2.66. The first kappa shape index (κ1) is 13.0. The molecular formula is C12H10ClF3N2. The molecule has 0 atom stereocenters. The van der Waals surface area contributed by atoms with Crippen molar-refractivity contribution in [2.75, 3.05) is 0 Å². The molecule has 18 heavy (non-hydrogen) atoms. The molecule has 0 bridgehead atoms. The molecule has 2 aromatic rings. The van der Waals surface area contributed by atoms with Crippen molar-refractivity contribution < 1.29 is 13.2 Å². The lowest BCUT2D eigenvalue weighted by atomic mass is 10.1. The van der Waals surface area contributed by atoms with E-state index in [2.05, 4.69) is 5.10 Å². The van der Waals surface area contributed by atoms with Gasteiger partial charge >= 0.3 is 6.18 Å². The molecule has 2 rings (SSSR count). The average molecular weight is 275 g/mol. The van der Waals surface area contributed by atoms with E-state index >= 15 is 0 Å². The SMILES string of the molecule is Cc1ccccc1-c1c(Cl)c(C(F)(F)F)nn1C. The van der Waals surface area contributed by atoms with Crippen molar-refractivity contribution in [3.8, 4) is 11.3 Å². The molecule has 0 spiro atoms. The molecule has 96 valence electrons. The summed E-state index contributed by atoms with van der Waals surface area (Å²) in [6.45, 7) is 1.81. The van der Waals surface area contributed by atoms with Crippen molar-refractivity contribution in [2.45, 2.75) is 13.1 Å². The van der Waals surface area contributed by atoms with Crippen molar-refractivity contribution in [1.29, 1.82) is 0 Å². The third-order valence-corrected chi connectivity index (χ3v) is 3.02. The van der Waals surface area contributed by atoms with Gasteiger partial charge in [0.1, 0.15) is 0 Å². The Bertz CT molecular complexity index is 587. The second-order valence-corrected chi connectivity index (χ2v) is 4.33. The van der Waals surface area contributed by atoms with Crippen molar-refractivity contribution in [3.63, 3.8) is 0 Å². The predicted molar refractivity (Wildman–Crippen MR) is 63.4 cm³/mol. The molecule has 1 heterocycles. The number of halogens is 4. The zero-order valence-corrected chi connectivity index (χ0v) is 10.5. The average Bonchev–Trinajstić information content (AvgIpc) is 2.55. The van der Waals surface area contributed by atoms with Gasteiger partial charge in [-0.3, -0.25) is 4.68 Å². The first-order chi connectivity index (χ1) is 8.32. The Hall–Kier alpha value is -1.49. The molecule has 6 heteroatoms. The number of hydrogen-bond acceptors (Lipinski definition) is 1. The number of rotatable bonds is 1. The molecule has 1 aromatic heterocycles. The molecule has 0 aliphatic heterocycles. The maximum Gasteiger partial charge on any atom is 0.436 e. The number of alkyl halides is 3. The van der Waals surface area contributed by atoms with Crippen LogP contribution in [0.2, 0.25) is 5.02 Å². The predicted octanol–water partition coefficient (Wildman–Crippen LogP) is 4.07. The molecule has 0 unspecified atom stereocenters. The molecule has 0 saturated carbocycles. The standard InChI is InChI=1S/C12H10ClF3N2/c1-7-5-3-4-6-8(7)10-9(13)11(12(14,15)16)17-18(10)2/h3-6H,1-2H3. The molecule has 0 aliphatic rings. The quantitative estimate of drug-likeness (QED) is 0.766. The summed E-state index contributed by atoms with van der Waals surface area (Å²) >= 11 is 5.82. The minimum atomic E-state index is -4.55. The topological polar surface area (TPSA) is 17.8 Å². The van der Waals surface area contributed by atoms with Gasteiger partial charge in [-0.2, -0.15) is 18.3 Å². The van der Waals surface area contributed by atoms with Crippen LogP contribution in [0.25, 0.3) is 11.3 Å². The summed E-state index contributed by atoms with van der Waals surface area (Å²) in [6.07, 6.45) is -4.55. The fraction of sp³-hybridized carbons (Fsp3) is 0.250. The molecular weight excluding hydrogens is 265 g/mol. The second kappa shape index (κ2) is 4.31. The van der Waals surface area contributed by atoms with Gasteiger partial charge in [0, 0.05) is 12.6 Å². The van der Waals surface area contributed by atoms with Crippen molar-refractivity contribution in [2.24, 2.45) is 7.05 Å². The largest absolute Gasteiger partial charge is 0.436 e. The van der Waals surface area contributed by atoms with Gasteiger partial charge in [0.15, 0.2) is 5.69 Å². The van der Waals surface area contributed by atoms with Gasteiger partial charge in [-0.15, -0.1) is 0 Å². The van der Waals surface area contributed by atoms with Gasteiger partial charge in [0.05, 0.1) is 10.7 Å². The van der Waals surface area contributed by atoms with Gasteiger partial charge in [-0.05, 0) is 12.5 Å². The Morgan fingerprint density at radius 1 is 1.22 bits per heavy atom. The van der Waals surface area contributed by atoms with Crippen LogP contribution in [0.1, 0.15) is 11.3 Å². The fourth-order valence-electron chi connectivity index (χ4n) is 1.81. The summed E-state index contributed by atoms with van der Waals surface area (Å²) < 4.78 is 39.3. The Kier molecular flexibility index (Phi) is 3.11. The van der Waals surface area contributed by atoms with Gasteiger partial charge in [-0.25, -0.2) is 0 Å². The monoisotopic (exact) mass is 274 g/mol. The summed E-state index contributed by atoms with van der Waals surface area (Å²) in [4.78, 5) is 0. The summed E-state index contributed by atoms with van der Waals surface area (Å²) in [6, 6.07) is 7.09. The first-order valence-electron chi connectivity index (χ1n) is 5.18. The highest BCUT2D eigenvalue weighted by Crippen LogP contribution is 2.39. The zero-order chi connectivity index (χ0) is 13.5. The Balaban J connectivity index is 2.67. The molecule has 0 N–H and O–H groups in total. The third kappa shape index (κ3) is 2.10. The van der Waals surface area contributed by atoms with Crippen molar-refractivity contribution in [1.82, 2.24) is 9.78 Å². The van der Waals surface area contributed by atoms with Crippen LogP contribution in [0.15, 0.2) is 24.3 Å². The summed E-state index contributed by atoms with van der Waals surface area (Å²) in [7, 11) is 1.45. The van der Waals surface area contributed by atoms with Crippen molar-refractivity contribution in [3.05, 3.63) is 40.5 Å². The molecule has 2 nitrogen and oxygen atoms in total. The Morgan fingerprint density at radius 3 is 2.33 bits per heavy atom. The maximum atomic E-state index is 12.7. The Morgan fingerprint density at radius 2 is 1.83 bits per heavy atom. The zero-order valence-electron chi connectivity index (χ0n) is 9.72. The minimum Gasteiger partial charge on any atom is -0.266 e. The number of hydrogen-bond donors (Lipinski definition) is 0. The van der Waals surface area contributed by atoms with E-state index in [1.54, 1.807) is 12.1 Å². The molecule has 1 aromatic carbocycles. The number of aryl methyl sites for hydroxylation is 2. The van der Waals surface area contributed by atoms with Crippen LogP contribution in [0.4, 0.5) is 13.2 Å². The first-order valence-corrected chi connectivity index (χ1v) is 5.56. The van der Waals surface area contributed by atoms with E-state index in [0.29, 0.717) is 5.56 Å². The lowest BCUT2D eigenvalue weighted by molar-refractivity contribution is -0.141. The highest BCUT2D eigenvalue weighted by Gasteiger charge is 2.38. The summed E-state index contributed by atoms with van der Waals surface area (Å²) in [5.41, 5.74) is 0.719. The van der Waals surface area contributed by atoms with Crippen LogP contribution >= 0.6 is 11.6 Å². The van der Waals surface area contributed by atoms with E-state index in [1.807, 2.05) is 19.1 Å². The number of benzene rings is 1. The lowest BCUT2D eigenvalue weighted by Crippen LogP contribution is -2.07. The van der Waals surface area contributed by atoms with Gasteiger partial charge in [0.2, 0.25) is 0 Å². The van der Waals surface area contributed by atoms with Gasteiger partial charge in [0.25, 0.3) is 0 Å². The molecule has 0 aliphatic carbocycles. The van der Waals surface area contributed by atoms with Crippen LogP contribution in [0.3, 0.4) is 0 Å². The normalized spacial score (nSPS) is 11.9. The molecule has 0 amide bonds. The second-order valence-electron chi connectivity index (χ2n) is 3.95. The maximum absolute atomic E-state index is 12.7. The lowest BCUT2D eigenvalue weighted by Gasteiger charge is -2.06. The van der Waals surface area contributed by atoms with E-state index in [0.717, 1.165) is 10.2 Å². The van der Waals surface area contributed by atoms with Crippen molar-refractivity contribution >= 4 is 11.6 Å². The molecule has 0 fully saturated rings. The fourth-order valence-corrected chi connectivity index (χ4v) is 2.18. The van der Waals surface area contributed by atoms with Crippen LogP contribution < -0.4 is 0 Å². The number of aromatic nitrogens is 2. The van der Waals surface area contributed by atoms with Crippen LogP contribution in [-0.2, 0) is 13.2 Å². The van der Waals surface area contributed by atoms with Gasteiger partial charge < -0.3 is 0 Å². The van der Waals surface area contributed by atoms with E-state index in [4.69, 9.17) is 11.6 Å². The molecule has 0 saturated heterocycles.